The Morgan fingerprint density at radius 1 is 1.43 bits per heavy atom. The third kappa shape index (κ3) is 4.52. The van der Waals surface area contributed by atoms with Gasteiger partial charge in [-0.1, -0.05) is 18.7 Å². The van der Waals surface area contributed by atoms with Crippen LogP contribution < -0.4 is 16.6 Å². The number of amides is 1. The van der Waals surface area contributed by atoms with Gasteiger partial charge in [0, 0.05) is 12.1 Å². The van der Waals surface area contributed by atoms with E-state index in [4.69, 9.17) is 5.73 Å². The molecule has 0 aliphatic heterocycles. The maximum absolute atomic E-state index is 13.6. The minimum absolute atomic E-state index is 0.0380. The van der Waals surface area contributed by atoms with Crippen molar-refractivity contribution < 1.29 is 13.6 Å². The van der Waals surface area contributed by atoms with Crippen molar-refractivity contribution in [3.05, 3.63) is 46.3 Å². The summed E-state index contributed by atoms with van der Waals surface area (Å²) >= 11 is 0.998. The van der Waals surface area contributed by atoms with E-state index in [2.05, 4.69) is 15.3 Å². The molecule has 9 heteroatoms. The van der Waals surface area contributed by atoms with E-state index in [1.807, 2.05) is 0 Å². The molecule has 1 heterocycles. The van der Waals surface area contributed by atoms with Crippen LogP contribution in [0, 0.1) is 11.6 Å². The molecule has 1 amide bonds. The van der Waals surface area contributed by atoms with Gasteiger partial charge in [-0.25, -0.2) is 13.8 Å². The number of hydrogen-bond donors (Lipinski definition) is 3. The Morgan fingerprint density at radius 2 is 2.17 bits per heavy atom. The molecule has 0 bridgehead atoms. The van der Waals surface area contributed by atoms with Crippen molar-refractivity contribution in [1.29, 1.82) is 0 Å². The molecule has 2 aromatic rings. The van der Waals surface area contributed by atoms with Crippen LogP contribution >= 0.6 is 11.8 Å². The Bertz CT molecular complexity index is 782. The van der Waals surface area contributed by atoms with Crippen LogP contribution in [0.1, 0.15) is 13.3 Å². The van der Waals surface area contributed by atoms with Crippen LogP contribution in [0.15, 0.2) is 34.2 Å². The molecule has 0 saturated heterocycles. The molecule has 4 N–H and O–H groups in total. The predicted molar refractivity (Wildman–Crippen MR) is 84.2 cm³/mol. The monoisotopic (exact) mass is 340 g/mol. The molecule has 1 atom stereocenters. The van der Waals surface area contributed by atoms with Gasteiger partial charge in [0.2, 0.25) is 5.91 Å². The van der Waals surface area contributed by atoms with Gasteiger partial charge in [-0.15, -0.1) is 0 Å². The van der Waals surface area contributed by atoms with Crippen molar-refractivity contribution in [2.45, 2.75) is 23.8 Å². The number of rotatable bonds is 5. The summed E-state index contributed by atoms with van der Waals surface area (Å²) in [6.07, 6.45) is 0.401. The molecule has 6 nitrogen and oxygen atoms in total. The number of hydrogen-bond acceptors (Lipinski definition) is 5. The highest BCUT2D eigenvalue weighted by Gasteiger charge is 2.20. The first-order valence-electron chi connectivity index (χ1n) is 6.68. The predicted octanol–water partition coefficient (Wildman–Crippen LogP) is 2.14. The van der Waals surface area contributed by atoms with Crippen molar-refractivity contribution in [1.82, 2.24) is 9.97 Å². The van der Waals surface area contributed by atoms with Gasteiger partial charge in [-0.05, 0) is 18.6 Å². The first-order valence-corrected chi connectivity index (χ1v) is 7.56. The van der Waals surface area contributed by atoms with Crippen molar-refractivity contribution in [2.75, 3.05) is 11.1 Å². The summed E-state index contributed by atoms with van der Waals surface area (Å²) in [5.41, 5.74) is 4.93. The number of nitrogens with one attached hydrogen (secondary N) is 2. The molecule has 0 aliphatic carbocycles. The number of thioether (sulfide) groups is 1. The van der Waals surface area contributed by atoms with Crippen LogP contribution in [0.4, 0.5) is 20.3 Å². The molecule has 1 unspecified atom stereocenters. The molecule has 0 saturated carbocycles. The van der Waals surface area contributed by atoms with E-state index in [1.165, 1.54) is 0 Å². The van der Waals surface area contributed by atoms with Gasteiger partial charge >= 0.3 is 0 Å². The van der Waals surface area contributed by atoms with Crippen LogP contribution in [0.25, 0.3) is 0 Å². The normalized spacial score (nSPS) is 12.0. The van der Waals surface area contributed by atoms with Gasteiger partial charge in [0.15, 0.2) is 5.16 Å². The lowest BCUT2D eigenvalue weighted by Gasteiger charge is -2.14. The van der Waals surface area contributed by atoms with E-state index < -0.39 is 28.4 Å². The third-order valence-corrected chi connectivity index (χ3v) is 4.09. The van der Waals surface area contributed by atoms with E-state index in [1.54, 1.807) is 6.92 Å². The van der Waals surface area contributed by atoms with Gasteiger partial charge in [0.1, 0.15) is 17.5 Å². The number of anilines is 2. The summed E-state index contributed by atoms with van der Waals surface area (Å²) in [5, 5.41) is 1.94. The second kappa shape index (κ2) is 7.23. The molecule has 0 aliphatic rings. The fourth-order valence-electron chi connectivity index (χ4n) is 1.77. The van der Waals surface area contributed by atoms with Crippen molar-refractivity contribution in [3.8, 4) is 0 Å². The van der Waals surface area contributed by atoms with E-state index in [0.717, 1.165) is 30.0 Å². The Kier molecular flexibility index (Phi) is 5.32. The fourth-order valence-corrected chi connectivity index (χ4v) is 2.69. The maximum Gasteiger partial charge on any atom is 0.253 e. The van der Waals surface area contributed by atoms with Crippen LogP contribution in [-0.2, 0) is 4.79 Å². The second-order valence-electron chi connectivity index (χ2n) is 4.60. The number of nitrogens with two attached hydrogens (primary N) is 1. The Labute approximate surface area is 134 Å². The number of H-pyrrole nitrogens is 1. The number of benzene rings is 1. The average molecular weight is 340 g/mol. The molecule has 23 heavy (non-hydrogen) atoms. The zero-order valence-electron chi connectivity index (χ0n) is 12.1. The summed E-state index contributed by atoms with van der Waals surface area (Å²) in [6, 6.07) is 3.99. The summed E-state index contributed by atoms with van der Waals surface area (Å²) < 4.78 is 26.4. The largest absolute Gasteiger partial charge is 0.383 e. The van der Waals surface area contributed by atoms with Crippen LogP contribution in [0.3, 0.4) is 0 Å². The van der Waals surface area contributed by atoms with Gasteiger partial charge in [0.05, 0.1) is 10.9 Å². The lowest BCUT2D eigenvalue weighted by atomic mass is 10.2. The summed E-state index contributed by atoms with van der Waals surface area (Å²) in [5.74, 6) is -2.05. The summed E-state index contributed by atoms with van der Waals surface area (Å²) in [6.45, 7) is 1.75. The van der Waals surface area contributed by atoms with Gasteiger partial charge < -0.3 is 16.0 Å². The zero-order valence-corrected chi connectivity index (χ0v) is 12.9. The molecule has 1 aromatic carbocycles. The molecule has 0 fully saturated rings. The van der Waals surface area contributed by atoms with Crippen molar-refractivity contribution >= 4 is 29.2 Å². The number of halogens is 2. The number of nitrogen functional groups attached to an aromatic ring is 1. The van der Waals surface area contributed by atoms with E-state index >= 15 is 0 Å². The number of nitrogens with zero attached hydrogens (tertiary/aromatic N) is 1. The highest BCUT2D eigenvalue weighted by Crippen LogP contribution is 2.24. The molecular weight excluding hydrogens is 326 g/mol. The number of carbonyl (C=O) groups excluding carboxylic acids is 1. The number of aromatic nitrogens is 2. The smallest absolute Gasteiger partial charge is 0.253 e. The average Bonchev–Trinajstić information content (AvgIpc) is 2.46. The minimum atomic E-state index is -0.867. The molecule has 1 aromatic heterocycles. The van der Waals surface area contributed by atoms with Crippen LogP contribution in [0.2, 0.25) is 0 Å². The molecule has 122 valence electrons. The van der Waals surface area contributed by atoms with E-state index in [9.17, 15) is 18.4 Å². The summed E-state index contributed by atoms with van der Waals surface area (Å²) in [7, 11) is 0. The van der Waals surface area contributed by atoms with Crippen LogP contribution in [0.5, 0.6) is 0 Å². The Hall–Kier alpha value is -2.42. The van der Waals surface area contributed by atoms with Gasteiger partial charge in [-0.2, -0.15) is 0 Å². The molecular formula is C14H14F2N4O2S. The fraction of sp³-hybridized carbons (Fsp3) is 0.214. The topological polar surface area (TPSA) is 101 Å². The standard InChI is InChI=1S/C14H14F2N4O2S/c1-2-10(23-14-19-11(17)6-12(21)20-14)13(22)18-9-4-3-7(15)5-8(9)16/h3-6,10H,2H2,1H3,(H,18,22)(H3,17,19,20,21). The van der Waals surface area contributed by atoms with E-state index in [0.29, 0.717) is 12.5 Å². The lowest BCUT2D eigenvalue weighted by molar-refractivity contribution is -0.115. The quantitative estimate of drug-likeness (QED) is 0.572. The summed E-state index contributed by atoms with van der Waals surface area (Å²) in [4.78, 5) is 29.9. The lowest BCUT2D eigenvalue weighted by Crippen LogP contribution is -2.26. The SMILES string of the molecule is CCC(Sc1nc(N)cc(=O)[nH]1)C(=O)Nc1ccc(F)cc1F. The second-order valence-corrected chi connectivity index (χ2v) is 5.80. The minimum Gasteiger partial charge on any atom is -0.383 e. The molecule has 2 rings (SSSR count). The molecule has 0 spiro atoms. The zero-order chi connectivity index (χ0) is 17.0. The van der Waals surface area contributed by atoms with Gasteiger partial charge in [-0.3, -0.25) is 9.59 Å². The number of carbonyl (C=O) groups is 1. The third-order valence-electron chi connectivity index (χ3n) is 2.85. The first-order chi connectivity index (χ1) is 10.9. The van der Waals surface area contributed by atoms with E-state index in [-0.39, 0.29) is 16.7 Å². The Balaban J connectivity index is 2.13. The number of aromatic amines is 1. The van der Waals surface area contributed by atoms with Crippen molar-refractivity contribution in [3.63, 3.8) is 0 Å². The maximum atomic E-state index is 13.6. The van der Waals surface area contributed by atoms with Crippen molar-refractivity contribution in [2.24, 2.45) is 0 Å². The van der Waals surface area contributed by atoms with Crippen LogP contribution in [-0.4, -0.2) is 21.1 Å². The highest BCUT2D eigenvalue weighted by atomic mass is 32.2. The van der Waals surface area contributed by atoms with Gasteiger partial charge in [0.25, 0.3) is 5.56 Å². The first kappa shape index (κ1) is 16.9. The highest BCUT2D eigenvalue weighted by molar-refractivity contribution is 8.00. The Morgan fingerprint density at radius 3 is 2.78 bits per heavy atom. The molecule has 0 radical (unpaired) electrons.